The highest BCUT2D eigenvalue weighted by atomic mass is 32.1. The predicted octanol–water partition coefficient (Wildman–Crippen LogP) is -1.86. The number of carbonyl (C=O) groups is 1. The van der Waals surface area contributed by atoms with E-state index in [1.165, 1.54) is 17.3 Å². The molecule has 1 rings (SSSR count). The van der Waals surface area contributed by atoms with Gasteiger partial charge in [0.2, 0.25) is 0 Å². The quantitative estimate of drug-likeness (QED) is 0.382. The summed E-state index contributed by atoms with van der Waals surface area (Å²) in [6.07, 6.45) is 2.77. The number of amides is 1. The number of carbonyl (C=O) groups excluding carboxylic acids is 1. The first-order valence-corrected chi connectivity index (χ1v) is 3.76. The Morgan fingerprint density at radius 1 is 1.62 bits per heavy atom. The molecule has 4 N–H and O–H groups in total. The Balaban J connectivity index is 2.30. The van der Waals surface area contributed by atoms with E-state index in [0.717, 1.165) is 0 Å². The van der Waals surface area contributed by atoms with Crippen LogP contribution in [0.4, 0.5) is 0 Å². The second-order valence-corrected chi connectivity index (χ2v) is 2.57. The molecule has 1 aromatic heterocycles. The number of aromatic nitrogens is 3. The molecule has 1 amide bonds. The molecule has 13 heavy (non-hydrogen) atoms. The molecule has 7 nitrogen and oxygen atoms in total. The van der Waals surface area contributed by atoms with E-state index in [1.807, 2.05) is 0 Å². The van der Waals surface area contributed by atoms with Gasteiger partial charge in [-0.1, -0.05) is 0 Å². The van der Waals surface area contributed by atoms with Gasteiger partial charge in [0.25, 0.3) is 5.91 Å². The van der Waals surface area contributed by atoms with Gasteiger partial charge in [-0.05, 0) is 12.2 Å². The summed E-state index contributed by atoms with van der Waals surface area (Å²) < 4.78 is 1.37. The highest BCUT2D eigenvalue weighted by Crippen LogP contribution is 1.78. The number of hydrogen-bond acceptors (Lipinski definition) is 4. The van der Waals surface area contributed by atoms with Crippen LogP contribution in [0.25, 0.3) is 0 Å². The highest BCUT2D eigenvalue weighted by molar-refractivity contribution is 7.80. The summed E-state index contributed by atoms with van der Waals surface area (Å²) in [5, 5.41) is 3.74. The standard InChI is InChI=1S/C5H8N6OS/c6-5(13)10-9-4(12)1-11-3-7-2-8-11/h2-3H,1H2,(H,9,12)(H3,6,10,13). The van der Waals surface area contributed by atoms with Gasteiger partial charge in [-0.25, -0.2) is 9.67 Å². The third kappa shape index (κ3) is 3.47. The maximum Gasteiger partial charge on any atom is 0.260 e. The lowest BCUT2D eigenvalue weighted by Gasteiger charge is -2.05. The molecule has 0 radical (unpaired) electrons. The van der Waals surface area contributed by atoms with Crippen LogP contribution in [0.15, 0.2) is 12.7 Å². The largest absolute Gasteiger partial charge is 0.375 e. The number of nitrogens with zero attached hydrogens (tertiary/aromatic N) is 3. The second-order valence-electron chi connectivity index (χ2n) is 2.13. The summed E-state index contributed by atoms with van der Waals surface area (Å²) in [5.41, 5.74) is 9.67. The van der Waals surface area contributed by atoms with Crippen molar-refractivity contribution >= 4 is 23.2 Å². The Bertz CT molecular complexity index is 296. The van der Waals surface area contributed by atoms with E-state index in [2.05, 4.69) is 33.2 Å². The van der Waals surface area contributed by atoms with E-state index in [-0.39, 0.29) is 17.6 Å². The summed E-state index contributed by atoms with van der Waals surface area (Å²) in [7, 11) is 0. The van der Waals surface area contributed by atoms with Gasteiger partial charge in [0, 0.05) is 0 Å². The zero-order valence-electron chi connectivity index (χ0n) is 6.60. The van der Waals surface area contributed by atoms with Gasteiger partial charge in [0.15, 0.2) is 5.11 Å². The fraction of sp³-hybridized carbons (Fsp3) is 0.200. The maximum atomic E-state index is 11.0. The summed E-state index contributed by atoms with van der Waals surface area (Å²) in [6, 6.07) is 0. The van der Waals surface area contributed by atoms with Gasteiger partial charge in [0.1, 0.15) is 19.2 Å². The topological polar surface area (TPSA) is 97.9 Å². The average Bonchev–Trinajstić information content (AvgIpc) is 2.53. The molecule has 0 aliphatic heterocycles. The van der Waals surface area contributed by atoms with E-state index in [9.17, 15) is 4.79 Å². The van der Waals surface area contributed by atoms with Crippen molar-refractivity contribution < 1.29 is 4.79 Å². The average molecular weight is 200 g/mol. The molecule has 0 unspecified atom stereocenters. The minimum Gasteiger partial charge on any atom is -0.375 e. The fourth-order valence-corrected chi connectivity index (χ4v) is 0.683. The van der Waals surface area contributed by atoms with Gasteiger partial charge < -0.3 is 5.73 Å². The summed E-state index contributed by atoms with van der Waals surface area (Å²) in [4.78, 5) is 14.7. The van der Waals surface area contributed by atoms with Crippen LogP contribution in [0.1, 0.15) is 0 Å². The first kappa shape index (κ1) is 9.39. The van der Waals surface area contributed by atoms with E-state index in [0.29, 0.717) is 0 Å². The molecular formula is C5H8N6OS. The number of nitrogens with two attached hydrogens (primary N) is 1. The molecule has 0 fully saturated rings. The highest BCUT2D eigenvalue weighted by Gasteiger charge is 2.01. The van der Waals surface area contributed by atoms with Gasteiger partial charge in [-0.15, -0.1) is 0 Å². The Kier molecular flexibility index (Phi) is 3.15. The number of rotatable bonds is 2. The molecule has 70 valence electrons. The zero-order valence-corrected chi connectivity index (χ0v) is 7.41. The monoisotopic (exact) mass is 200 g/mol. The van der Waals surface area contributed by atoms with Crippen LogP contribution in [0.2, 0.25) is 0 Å². The van der Waals surface area contributed by atoms with Crippen LogP contribution in [-0.4, -0.2) is 25.8 Å². The molecule has 1 aromatic rings. The third-order valence-corrected chi connectivity index (χ3v) is 1.20. The van der Waals surface area contributed by atoms with Crippen molar-refractivity contribution in [2.24, 2.45) is 5.73 Å². The first-order valence-electron chi connectivity index (χ1n) is 3.35. The Labute approximate surface area is 79.3 Å². The lowest BCUT2D eigenvalue weighted by molar-refractivity contribution is -0.122. The van der Waals surface area contributed by atoms with E-state index < -0.39 is 0 Å². The molecule has 8 heteroatoms. The fourth-order valence-electron chi connectivity index (χ4n) is 0.632. The third-order valence-electron chi connectivity index (χ3n) is 1.10. The van der Waals surface area contributed by atoms with Gasteiger partial charge in [0.05, 0.1) is 0 Å². The van der Waals surface area contributed by atoms with Crippen LogP contribution in [0.3, 0.4) is 0 Å². The van der Waals surface area contributed by atoms with Crippen molar-refractivity contribution in [3.05, 3.63) is 12.7 Å². The van der Waals surface area contributed by atoms with Crippen LogP contribution in [0, 0.1) is 0 Å². The van der Waals surface area contributed by atoms with Crippen LogP contribution >= 0.6 is 12.2 Å². The summed E-state index contributed by atoms with van der Waals surface area (Å²) in [5.74, 6) is -0.307. The van der Waals surface area contributed by atoms with Crippen LogP contribution in [0.5, 0.6) is 0 Å². The van der Waals surface area contributed by atoms with E-state index in [1.54, 1.807) is 0 Å². The number of hydrogen-bond donors (Lipinski definition) is 3. The molecule has 0 aliphatic carbocycles. The van der Waals surface area contributed by atoms with Gasteiger partial charge >= 0.3 is 0 Å². The minimum absolute atomic E-state index is 0.00643. The molecule has 0 atom stereocenters. The Morgan fingerprint density at radius 3 is 2.92 bits per heavy atom. The molecule has 0 aliphatic rings. The molecule has 0 saturated carbocycles. The molecule has 0 bridgehead atoms. The Hall–Kier alpha value is -1.70. The van der Waals surface area contributed by atoms with E-state index >= 15 is 0 Å². The molecule has 0 spiro atoms. The van der Waals surface area contributed by atoms with Crippen molar-refractivity contribution in [3.63, 3.8) is 0 Å². The number of hydrazine groups is 1. The van der Waals surface area contributed by atoms with Crippen molar-refractivity contribution in [1.29, 1.82) is 0 Å². The van der Waals surface area contributed by atoms with Crippen LogP contribution < -0.4 is 16.6 Å². The van der Waals surface area contributed by atoms with E-state index in [4.69, 9.17) is 5.73 Å². The molecule has 0 saturated heterocycles. The van der Waals surface area contributed by atoms with Crippen molar-refractivity contribution in [1.82, 2.24) is 25.6 Å². The van der Waals surface area contributed by atoms with Gasteiger partial charge in [-0.2, -0.15) is 5.10 Å². The smallest absolute Gasteiger partial charge is 0.260 e. The maximum absolute atomic E-state index is 11.0. The Morgan fingerprint density at radius 2 is 2.38 bits per heavy atom. The molecule has 0 aromatic carbocycles. The summed E-state index contributed by atoms with van der Waals surface area (Å²) in [6.45, 7) is 0.0651. The number of thiocarbonyl (C=S) groups is 1. The lowest BCUT2D eigenvalue weighted by Crippen LogP contribution is -2.45. The van der Waals surface area contributed by atoms with Crippen molar-refractivity contribution in [3.8, 4) is 0 Å². The second kappa shape index (κ2) is 4.36. The lowest BCUT2D eigenvalue weighted by atomic mass is 10.6. The first-order chi connectivity index (χ1) is 6.18. The predicted molar refractivity (Wildman–Crippen MR) is 48.1 cm³/mol. The molecular weight excluding hydrogens is 192 g/mol. The summed E-state index contributed by atoms with van der Waals surface area (Å²) >= 11 is 4.48. The molecule has 1 heterocycles. The minimum atomic E-state index is -0.307. The SMILES string of the molecule is NC(=S)NNC(=O)Cn1cncn1. The zero-order chi connectivity index (χ0) is 9.68. The van der Waals surface area contributed by atoms with Crippen LogP contribution in [-0.2, 0) is 11.3 Å². The normalized spacial score (nSPS) is 9.23. The van der Waals surface area contributed by atoms with Crippen molar-refractivity contribution in [2.75, 3.05) is 0 Å². The van der Waals surface area contributed by atoms with Gasteiger partial charge in [-0.3, -0.25) is 15.6 Å². The number of nitrogens with one attached hydrogen (secondary N) is 2. The van der Waals surface area contributed by atoms with Crippen molar-refractivity contribution in [2.45, 2.75) is 6.54 Å².